The summed E-state index contributed by atoms with van der Waals surface area (Å²) in [5.41, 5.74) is 7.91. The molecule has 1 aliphatic rings. The highest BCUT2D eigenvalue weighted by Gasteiger charge is 2.29. The van der Waals surface area contributed by atoms with Crippen molar-refractivity contribution < 1.29 is 4.57 Å². The predicted octanol–water partition coefficient (Wildman–Crippen LogP) is 10.7. The average molecular weight is 673 g/mol. The van der Waals surface area contributed by atoms with Gasteiger partial charge in [-0.2, -0.15) is 0 Å². The fraction of sp³-hybridized carbons (Fsp3) is 0.0426. The van der Waals surface area contributed by atoms with Gasteiger partial charge in [0.2, 0.25) is 0 Å². The van der Waals surface area contributed by atoms with Crippen LogP contribution in [0.25, 0.3) is 54.7 Å². The van der Waals surface area contributed by atoms with Crippen LogP contribution in [0.4, 0.5) is 0 Å². The molecule has 0 bridgehead atoms. The quantitative estimate of drug-likeness (QED) is 0.135. The van der Waals surface area contributed by atoms with Crippen molar-refractivity contribution in [2.45, 2.75) is 12.3 Å². The molecular weight excluding hydrogens is 640 g/mol. The lowest BCUT2D eigenvalue weighted by molar-refractivity contribution is 0.592. The highest BCUT2D eigenvalue weighted by atomic mass is 31.2. The van der Waals surface area contributed by atoms with Gasteiger partial charge in [0, 0.05) is 32.6 Å². The molecule has 7 aromatic carbocycles. The number of aromatic nitrogens is 2. The molecule has 0 aliphatic heterocycles. The van der Waals surface area contributed by atoms with Gasteiger partial charge in [-0.15, -0.1) is 0 Å². The summed E-state index contributed by atoms with van der Waals surface area (Å²) >= 11 is 0. The van der Waals surface area contributed by atoms with Crippen LogP contribution in [0.15, 0.2) is 182 Å². The standard InChI is InChI=1S/C47H33N2OP/c50-51(37-12-3-1-4-13-37,38-14-5-2-6-15-38)39-27-23-33(24-28-39)32-19-21-34(22-20-32)36-26-29-41-42-30-25-35-11-7-8-16-40(35)46(42)47-48-43-17-9-10-18-44(43)49(47)45(41)31-36/h1-21,23-31,34H,22H2. The number of pyridine rings is 1. The number of fused-ring (bicyclic) bond motifs is 10. The second-order valence-electron chi connectivity index (χ2n) is 13.4. The van der Waals surface area contributed by atoms with Gasteiger partial charge in [-0.25, -0.2) is 4.98 Å². The van der Waals surface area contributed by atoms with Crippen molar-refractivity contribution >= 4 is 77.8 Å². The molecule has 0 saturated heterocycles. The van der Waals surface area contributed by atoms with E-state index >= 15 is 0 Å². The molecule has 0 fully saturated rings. The summed E-state index contributed by atoms with van der Waals surface area (Å²) in [4.78, 5) is 5.21. The Morgan fingerprint density at radius 1 is 0.588 bits per heavy atom. The zero-order chi connectivity index (χ0) is 33.9. The number of allylic oxidation sites excluding steroid dienone is 4. The zero-order valence-corrected chi connectivity index (χ0v) is 28.7. The first-order valence-electron chi connectivity index (χ1n) is 17.5. The van der Waals surface area contributed by atoms with Crippen molar-refractivity contribution in [1.82, 2.24) is 9.38 Å². The molecule has 1 unspecified atom stereocenters. The molecule has 0 saturated carbocycles. The number of benzene rings is 7. The van der Waals surface area contributed by atoms with Crippen molar-refractivity contribution in [2.24, 2.45) is 0 Å². The Bertz CT molecular complexity index is 2860. The van der Waals surface area contributed by atoms with E-state index in [1.807, 2.05) is 60.7 Å². The largest absolute Gasteiger partial charge is 0.309 e. The Hall–Kier alpha value is -6.02. The number of hydrogen-bond acceptors (Lipinski definition) is 2. The summed E-state index contributed by atoms with van der Waals surface area (Å²) in [7, 11) is -3.01. The van der Waals surface area contributed by atoms with Crippen LogP contribution in [0, 0.1) is 0 Å². The van der Waals surface area contributed by atoms with Crippen LogP contribution in [0.2, 0.25) is 0 Å². The average Bonchev–Trinajstić information content (AvgIpc) is 3.61. The third-order valence-corrected chi connectivity index (χ3v) is 13.7. The minimum atomic E-state index is -3.01. The van der Waals surface area contributed by atoms with E-state index in [0.717, 1.165) is 44.6 Å². The monoisotopic (exact) mass is 672 g/mol. The molecular formula is C47H33N2OP. The van der Waals surface area contributed by atoms with Crippen molar-refractivity contribution in [3.63, 3.8) is 0 Å². The molecule has 3 nitrogen and oxygen atoms in total. The molecule has 0 radical (unpaired) electrons. The molecule has 2 heterocycles. The number of para-hydroxylation sites is 2. The number of nitrogens with zero attached hydrogens (tertiary/aromatic N) is 2. The fourth-order valence-electron chi connectivity index (χ4n) is 8.04. The van der Waals surface area contributed by atoms with E-state index in [1.54, 1.807) is 0 Å². The van der Waals surface area contributed by atoms with E-state index in [1.165, 1.54) is 43.6 Å². The normalized spacial score (nSPS) is 14.9. The molecule has 0 amide bonds. The Morgan fingerprint density at radius 3 is 2.00 bits per heavy atom. The summed E-state index contributed by atoms with van der Waals surface area (Å²) < 4.78 is 17.2. The van der Waals surface area contributed by atoms with E-state index in [9.17, 15) is 4.57 Å². The molecule has 4 heteroatoms. The van der Waals surface area contributed by atoms with Gasteiger partial charge in [-0.05, 0) is 57.5 Å². The predicted molar refractivity (Wildman–Crippen MR) is 216 cm³/mol. The molecule has 0 spiro atoms. The smallest absolute Gasteiger partial charge is 0.171 e. The lowest BCUT2D eigenvalue weighted by atomic mass is 9.87. The molecule has 51 heavy (non-hydrogen) atoms. The van der Waals surface area contributed by atoms with Crippen LogP contribution in [0.3, 0.4) is 0 Å². The molecule has 1 atom stereocenters. The van der Waals surface area contributed by atoms with Crippen LogP contribution in [0.5, 0.6) is 0 Å². The van der Waals surface area contributed by atoms with Crippen LogP contribution in [-0.4, -0.2) is 9.38 Å². The first-order chi connectivity index (χ1) is 25.2. The second-order valence-corrected chi connectivity index (χ2v) is 16.2. The minimum absolute atomic E-state index is 0.255. The van der Waals surface area contributed by atoms with E-state index in [0.29, 0.717) is 0 Å². The highest BCUT2D eigenvalue weighted by Crippen LogP contribution is 2.43. The maximum Gasteiger partial charge on any atom is 0.171 e. The number of hydrogen-bond donors (Lipinski definition) is 0. The summed E-state index contributed by atoms with van der Waals surface area (Å²) in [6.45, 7) is 0. The van der Waals surface area contributed by atoms with Crippen LogP contribution < -0.4 is 15.9 Å². The zero-order valence-electron chi connectivity index (χ0n) is 27.9. The van der Waals surface area contributed by atoms with Crippen molar-refractivity contribution in [2.75, 3.05) is 0 Å². The van der Waals surface area contributed by atoms with E-state index in [4.69, 9.17) is 4.98 Å². The minimum Gasteiger partial charge on any atom is -0.309 e. The molecule has 2 aromatic heterocycles. The van der Waals surface area contributed by atoms with Gasteiger partial charge in [-0.1, -0.05) is 164 Å². The van der Waals surface area contributed by atoms with E-state index < -0.39 is 7.14 Å². The van der Waals surface area contributed by atoms with Crippen LogP contribution >= 0.6 is 7.14 Å². The lowest BCUT2D eigenvalue weighted by Gasteiger charge is -2.21. The summed E-state index contributed by atoms with van der Waals surface area (Å²) in [6, 6.07) is 56.6. The third-order valence-electron chi connectivity index (χ3n) is 10.6. The van der Waals surface area contributed by atoms with Gasteiger partial charge in [-0.3, -0.25) is 4.40 Å². The lowest BCUT2D eigenvalue weighted by Crippen LogP contribution is -2.24. The number of rotatable bonds is 5. The maximum absolute atomic E-state index is 14.8. The molecule has 0 N–H and O–H groups in total. The second kappa shape index (κ2) is 11.8. The fourth-order valence-corrected chi connectivity index (χ4v) is 10.7. The highest BCUT2D eigenvalue weighted by molar-refractivity contribution is 7.85. The summed E-state index contributed by atoms with van der Waals surface area (Å²) in [6.07, 6.45) is 7.82. The van der Waals surface area contributed by atoms with Crippen molar-refractivity contribution in [3.05, 3.63) is 193 Å². The molecule has 10 rings (SSSR count). The summed E-state index contributed by atoms with van der Waals surface area (Å²) in [5.74, 6) is 0.255. The molecule has 9 aromatic rings. The summed E-state index contributed by atoms with van der Waals surface area (Å²) in [5, 5.41) is 8.65. The van der Waals surface area contributed by atoms with Gasteiger partial charge in [0.1, 0.15) is 5.65 Å². The Morgan fingerprint density at radius 2 is 1.25 bits per heavy atom. The third kappa shape index (κ3) is 4.73. The van der Waals surface area contributed by atoms with Crippen molar-refractivity contribution in [3.8, 4) is 0 Å². The maximum atomic E-state index is 14.8. The number of imidazole rings is 1. The Kier molecular flexibility index (Phi) is 6.91. The Labute approximate surface area is 296 Å². The first kappa shape index (κ1) is 29.9. The van der Waals surface area contributed by atoms with Gasteiger partial charge < -0.3 is 4.57 Å². The molecule has 1 aliphatic carbocycles. The topological polar surface area (TPSA) is 34.4 Å². The molecule has 242 valence electrons. The first-order valence-corrected chi connectivity index (χ1v) is 19.2. The van der Waals surface area contributed by atoms with Gasteiger partial charge >= 0.3 is 0 Å². The van der Waals surface area contributed by atoms with E-state index in [2.05, 4.69) is 126 Å². The van der Waals surface area contributed by atoms with Gasteiger partial charge in [0.05, 0.1) is 16.6 Å². The SMILES string of the molecule is O=P(c1ccccc1)(c1ccccc1)c1ccc(C2=CCC(c3ccc4c5ccc6ccccc6c5c5nc6ccccc6n5c4c3)C=C2)cc1. The van der Waals surface area contributed by atoms with Gasteiger partial charge in [0.15, 0.2) is 7.14 Å². The van der Waals surface area contributed by atoms with Crippen LogP contribution in [0.1, 0.15) is 23.5 Å². The van der Waals surface area contributed by atoms with E-state index in [-0.39, 0.29) is 5.92 Å². The van der Waals surface area contributed by atoms with Crippen LogP contribution in [-0.2, 0) is 4.57 Å². The van der Waals surface area contributed by atoms with Gasteiger partial charge in [0.25, 0.3) is 0 Å². The Balaban J connectivity index is 1.02. The van der Waals surface area contributed by atoms with Crippen molar-refractivity contribution in [1.29, 1.82) is 0 Å².